The number of benzene rings is 4. The molecule has 0 spiro atoms. The van der Waals surface area contributed by atoms with Gasteiger partial charge in [0.05, 0.1) is 22.1 Å². The molecule has 0 unspecified atom stereocenters. The Balaban J connectivity index is 0.899. The molecule has 0 radical (unpaired) electrons. The van der Waals surface area contributed by atoms with Crippen LogP contribution in [0.4, 0.5) is 0 Å². The highest BCUT2D eigenvalue weighted by atomic mass is 14.7. The van der Waals surface area contributed by atoms with Crippen molar-refractivity contribution in [3.8, 4) is 0 Å². The Bertz CT molecular complexity index is 1480. The molecule has 0 fully saturated rings. The normalized spacial score (nSPS) is 11.7. The van der Waals surface area contributed by atoms with E-state index in [0.29, 0.717) is 0 Å². The van der Waals surface area contributed by atoms with E-state index in [-0.39, 0.29) is 0 Å². The van der Waals surface area contributed by atoms with Gasteiger partial charge in [-0.3, -0.25) is 0 Å². The van der Waals surface area contributed by atoms with Gasteiger partial charge in [-0.05, 0) is 61.1 Å². The Kier molecular flexibility index (Phi) is 8.63. The number of rotatable bonds is 13. The number of hydrogen-bond acceptors (Lipinski definition) is 2. The Hall–Kier alpha value is -3.78. The number of aromatic nitrogens is 2. The maximum Gasteiger partial charge on any atom is 0.0712 e. The summed E-state index contributed by atoms with van der Waals surface area (Å²) in [5.74, 6) is 0. The molecule has 0 saturated heterocycles. The quantitative estimate of drug-likeness (QED) is 0.111. The predicted octanol–water partition coefficient (Wildman–Crippen LogP) is 10.8. The molecular formula is C38H40N2. The van der Waals surface area contributed by atoms with Crippen LogP contribution < -0.4 is 0 Å². The lowest BCUT2D eigenvalue weighted by atomic mass is 9.96. The molecule has 0 aliphatic rings. The van der Waals surface area contributed by atoms with Crippen LogP contribution in [0.5, 0.6) is 0 Å². The van der Waals surface area contributed by atoms with E-state index in [9.17, 15) is 0 Å². The lowest BCUT2D eigenvalue weighted by Crippen LogP contribution is -1.94. The fourth-order valence-electron chi connectivity index (χ4n) is 6.41. The molecule has 40 heavy (non-hydrogen) atoms. The molecule has 0 bridgehead atoms. The maximum absolute atomic E-state index is 4.88. The largest absolute Gasteiger partial charge is 0.248 e. The van der Waals surface area contributed by atoms with Gasteiger partial charge in [0, 0.05) is 21.5 Å². The molecule has 0 aliphatic carbocycles. The van der Waals surface area contributed by atoms with Gasteiger partial charge in [-0.2, -0.15) is 0 Å². The van der Waals surface area contributed by atoms with Crippen molar-refractivity contribution in [2.75, 3.05) is 0 Å². The minimum absolute atomic E-state index is 1.12. The fraction of sp³-hybridized carbons (Fsp3) is 0.316. The van der Waals surface area contributed by atoms with E-state index in [0.717, 1.165) is 34.9 Å². The first kappa shape index (κ1) is 26.4. The van der Waals surface area contributed by atoms with Gasteiger partial charge in [0.2, 0.25) is 0 Å². The van der Waals surface area contributed by atoms with E-state index in [4.69, 9.17) is 9.97 Å². The molecule has 202 valence electrons. The summed E-state index contributed by atoms with van der Waals surface area (Å²) < 4.78 is 0. The van der Waals surface area contributed by atoms with Crippen molar-refractivity contribution >= 4 is 43.6 Å². The number of para-hydroxylation sites is 4. The van der Waals surface area contributed by atoms with Crippen LogP contribution in [0.3, 0.4) is 0 Å². The van der Waals surface area contributed by atoms with E-state index in [1.807, 2.05) is 0 Å². The van der Waals surface area contributed by atoms with Crippen LogP contribution in [0.25, 0.3) is 43.6 Å². The highest BCUT2D eigenvalue weighted by Gasteiger charge is 2.09. The Labute approximate surface area is 238 Å². The second-order valence-corrected chi connectivity index (χ2v) is 11.3. The molecule has 6 aromatic rings. The number of hydrogen-bond donors (Lipinski definition) is 0. The zero-order chi connectivity index (χ0) is 27.0. The number of aryl methyl sites for hydroxylation is 2. The highest BCUT2D eigenvalue weighted by molar-refractivity contribution is 5.98. The Morgan fingerprint density at radius 1 is 0.300 bits per heavy atom. The van der Waals surface area contributed by atoms with Crippen LogP contribution in [0.2, 0.25) is 0 Å². The molecule has 0 amide bonds. The van der Waals surface area contributed by atoms with Crippen LogP contribution in [0.1, 0.15) is 75.3 Å². The summed E-state index contributed by atoms with van der Waals surface area (Å²) in [6, 6.07) is 34.5. The van der Waals surface area contributed by atoms with Gasteiger partial charge >= 0.3 is 0 Å². The van der Waals surface area contributed by atoms with Crippen molar-refractivity contribution < 1.29 is 0 Å². The summed E-state index contributed by atoms with van der Waals surface area (Å²) >= 11 is 0. The summed E-state index contributed by atoms with van der Waals surface area (Å²) in [7, 11) is 0. The molecule has 2 heterocycles. The van der Waals surface area contributed by atoms with E-state index in [1.54, 1.807) is 0 Å². The van der Waals surface area contributed by atoms with Crippen LogP contribution >= 0.6 is 0 Å². The zero-order valence-electron chi connectivity index (χ0n) is 23.6. The van der Waals surface area contributed by atoms with Gasteiger partial charge in [0.1, 0.15) is 0 Å². The molecular weight excluding hydrogens is 484 g/mol. The summed E-state index contributed by atoms with van der Waals surface area (Å²) in [6.45, 7) is 0. The van der Waals surface area contributed by atoms with Gasteiger partial charge < -0.3 is 0 Å². The van der Waals surface area contributed by atoms with Crippen LogP contribution in [-0.2, 0) is 12.8 Å². The minimum Gasteiger partial charge on any atom is -0.248 e. The summed E-state index contributed by atoms with van der Waals surface area (Å²) in [5.41, 5.74) is 7.46. The molecule has 2 heteroatoms. The SMILES string of the molecule is c1ccc2c(CCCCCCCCCCCCc3c4ccccc4nc4ccccc34)c3ccccc3nc2c1. The van der Waals surface area contributed by atoms with Crippen molar-refractivity contribution in [3.63, 3.8) is 0 Å². The molecule has 2 aromatic heterocycles. The molecule has 2 nitrogen and oxygen atoms in total. The zero-order valence-corrected chi connectivity index (χ0v) is 23.6. The smallest absolute Gasteiger partial charge is 0.0712 e. The van der Waals surface area contributed by atoms with Crippen molar-refractivity contribution in [3.05, 3.63) is 108 Å². The summed E-state index contributed by atoms with van der Waals surface area (Å²) in [5, 5.41) is 5.30. The predicted molar refractivity (Wildman–Crippen MR) is 172 cm³/mol. The first-order valence-corrected chi connectivity index (χ1v) is 15.4. The van der Waals surface area contributed by atoms with Gasteiger partial charge in [-0.15, -0.1) is 0 Å². The summed E-state index contributed by atoms with van der Waals surface area (Å²) in [6.07, 6.45) is 15.6. The third-order valence-corrected chi connectivity index (χ3v) is 8.50. The maximum atomic E-state index is 4.88. The van der Waals surface area contributed by atoms with E-state index in [2.05, 4.69) is 97.1 Å². The number of nitrogens with zero attached hydrogens (tertiary/aromatic N) is 2. The average molecular weight is 525 g/mol. The lowest BCUT2D eigenvalue weighted by Gasteiger charge is -2.11. The first-order valence-electron chi connectivity index (χ1n) is 15.4. The van der Waals surface area contributed by atoms with Gasteiger partial charge in [0.15, 0.2) is 0 Å². The fourth-order valence-corrected chi connectivity index (χ4v) is 6.41. The highest BCUT2D eigenvalue weighted by Crippen LogP contribution is 2.29. The monoisotopic (exact) mass is 524 g/mol. The van der Waals surface area contributed by atoms with Gasteiger partial charge in [-0.1, -0.05) is 124 Å². The van der Waals surface area contributed by atoms with Crippen molar-refractivity contribution in [2.45, 2.75) is 77.0 Å². The Morgan fingerprint density at radius 2 is 0.550 bits per heavy atom. The molecule has 4 aromatic carbocycles. The van der Waals surface area contributed by atoms with Crippen molar-refractivity contribution in [1.29, 1.82) is 0 Å². The number of fused-ring (bicyclic) bond motifs is 4. The average Bonchev–Trinajstić information content (AvgIpc) is 3.00. The van der Waals surface area contributed by atoms with Gasteiger partial charge in [-0.25, -0.2) is 9.97 Å². The third-order valence-electron chi connectivity index (χ3n) is 8.50. The molecule has 0 N–H and O–H groups in total. The van der Waals surface area contributed by atoms with Crippen LogP contribution in [0, 0.1) is 0 Å². The second kappa shape index (κ2) is 13.0. The van der Waals surface area contributed by atoms with E-state index in [1.165, 1.54) is 96.9 Å². The molecule has 0 saturated carbocycles. The molecule has 0 atom stereocenters. The van der Waals surface area contributed by atoms with Crippen molar-refractivity contribution in [1.82, 2.24) is 9.97 Å². The third kappa shape index (κ3) is 6.02. The minimum atomic E-state index is 1.12. The standard InChI is InChI=1S/C38H40N2/c1(3-5-7-9-19-29-31-21-11-15-25-35(31)39-36-26-16-12-22-32(29)36)2-4-6-8-10-20-30-33-23-13-17-27-37(33)40-38-28-18-14-24-34(30)38/h11-18,21-28H,1-10,19-20H2. The van der Waals surface area contributed by atoms with E-state index < -0.39 is 0 Å². The van der Waals surface area contributed by atoms with Gasteiger partial charge in [0.25, 0.3) is 0 Å². The molecule has 6 rings (SSSR count). The van der Waals surface area contributed by atoms with E-state index >= 15 is 0 Å². The van der Waals surface area contributed by atoms with Crippen molar-refractivity contribution in [2.24, 2.45) is 0 Å². The number of unbranched alkanes of at least 4 members (excludes halogenated alkanes) is 9. The molecule has 0 aliphatic heterocycles. The summed E-state index contributed by atoms with van der Waals surface area (Å²) in [4.78, 5) is 9.76. The Morgan fingerprint density at radius 3 is 0.850 bits per heavy atom. The first-order chi connectivity index (χ1) is 19.9. The number of pyridine rings is 2. The van der Waals surface area contributed by atoms with Crippen LogP contribution in [0.15, 0.2) is 97.1 Å². The topological polar surface area (TPSA) is 25.8 Å². The second-order valence-electron chi connectivity index (χ2n) is 11.3. The van der Waals surface area contributed by atoms with Crippen LogP contribution in [-0.4, -0.2) is 9.97 Å². The lowest BCUT2D eigenvalue weighted by molar-refractivity contribution is 0.552.